The van der Waals surface area contributed by atoms with E-state index < -0.39 is 10.0 Å². The summed E-state index contributed by atoms with van der Waals surface area (Å²) in [6.45, 7) is 4.04. The summed E-state index contributed by atoms with van der Waals surface area (Å²) in [4.78, 5) is 0.280. The van der Waals surface area contributed by atoms with Gasteiger partial charge in [0.05, 0.1) is 5.69 Å². The molecule has 0 saturated carbocycles. The molecule has 4 nitrogen and oxygen atoms in total. The van der Waals surface area contributed by atoms with Crippen LogP contribution in [0.3, 0.4) is 0 Å². The highest BCUT2D eigenvalue weighted by Crippen LogP contribution is 2.30. The molecular weight excluding hydrogens is 268 g/mol. The van der Waals surface area contributed by atoms with Gasteiger partial charge in [-0.25, -0.2) is 0 Å². The first-order valence-electron chi connectivity index (χ1n) is 5.94. The van der Waals surface area contributed by atoms with E-state index in [2.05, 4.69) is 9.71 Å². The molecule has 1 aromatic carbocycles. The number of hydrogen-bond acceptors (Lipinski definition) is 4. The molecule has 1 aliphatic rings. The topological polar surface area (TPSA) is 58.5 Å². The van der Waals surface area contributed by atoms with Crippen LogP contribution in [-0.4, -0.2) is 19.3 Å². The van der Waals surface area contributed by atoms with Gasteiger partial charge in [-0.15, -0.1) is 4.40 Å². The molecule has 0 radical (unpaired) electrons. The highest BCUT2D eigenvalue weighted by molar-refractivity contribution is 8.14. The van der Waals surface area contributed by atoms with Gasteiger partial charge in [0.25, 0.3) is 10.0 Å². The summed E-state index contributed by atoms with van der Waals surface area (Å²) in [5, 5.41) is 3.54. The number of fused-ring (bicyclic) bond motifs is 1. The van der Waals surface area contributed by atoms with Gasteiger partial charge in [-0.2, -0.15) is 8.42 Å². The minimum atomic E-state index is -3.55. The quantitative estimate of drug-likeness (QED) is 0.927. The molecule has 18 heavy (non-hydrogen) atoms. The van der Waals surface area contributed by atoms with Crippen molar-refractivity contribution in [2.75, 3.05) is 11.1 Å². The molecule has 0 bridgehead atoms. The molecule has 1 heterocycles. The predicted octanol–water partition coefficient (Wildman–Crippen LogP) is 2.86. The van der Waals surface area contributed by atoms with Crippen molar-refractivity contribution in [1.82, 2.24) is 0 Å². The Balaban J connectivity index is 2.39. The fraction of sp³-hybridized carbons (Fsp3) is 0.417. The van der Waals surface area contributed by atoms with E-state index in [0.717, 1.165) is 24.2 Å². The molecule has 6 heteroatoms. The van der Waals surface area contributed by atoms with Crippen molar-refractivity contribution in [2.45, 2.75) is 31.6 Å². The lowest BCUT2D eigenvalue weighted by atomic mass is 10.1. The number of anilines is 1. The Labute approximate surface area is 112 Å². The maximum absolute atomic E-state index is 12.1. The van der Waals surface area contributed by atoms with Gasteiger partial charge in [0, 0.05) is 5.75 Å². The molecule has 0 aromatic heterocycles. The van der Waals surface area contributed by atoms with E-state index >= 15 is 0 Å². The second kappa shape index (κ2) is 5.32. The average molecular weight is 284 g/mol. The number of sulfonamides is 1. The Morgan fingerprint density at radius 2 is 2.11 bits per heavy atom. The van der Waals surface area contributed by atoms with Crippen molar-refractivity contribution in [3.05, 3.63) is 23.8 Å². The monoisotopic (exact) mass is 284 g/mol. The molecule has 0 spiro atoms. The summed E-state index contributed by atoms with van der Waals surface area (Å²) in [7, 11) is -3.55. The number of amidine groups is 1. The molecule has 0 amide bonds. The van der Waals surface area contributed by atoms with Crippen molar-refractivity contribution in [3.8, 4) is 0 Å². The van der Waals surface area contributed by atoms with E-state index in [-0.39, 0.29) is 4.90 Å². The largest absolute Gasteiger partial charge is 0.333 e. The summed E-state index contributed by atoms with van der Waals surface area (Å²) >= 11 is 1.43. The molecule has 2 rings (SSSR count). The minimum absolute atomic E-state index is 0.280. The van der Waals surface area contributed by atoms with Gasteiger partial charge in [-0.3, -0.25) is 0 Å². The molecule has 98 valence electrons. The van der Waals surface area contributed by atoms with Crippen LogP contribution in [0.2, 0.25) is 0 Å². The van der Waals surface area contributed by atoms with Crippen LogP contribution in [0.25, 0.3) is 0 Å². The third-order valence-electron chi connectivity index (χ3n) is 2.62. The van der Waals surface area contributed by atoms with Crippen molar-refractivity contribution in [1.29, 1.82) is 0 Å². The lowest BCUT2D eigenvalue weighted by molar-refractivity contribution is 0.598. The number of nitrogens with one attached hydrogen (secondary N) is 1. The molecule has 0 saturated heterocycles. The highest BCUT2D eigenvalue weighted by Gasteiger charge is 2.25. The number of benzene rings is 1. The molecule has 1 N–H and O–H groups in total. The van der Waals surface area contributed by atoms with Gasteiger partial charge >= 0.3 is 0 Å². The van der Waals surface area contributed by atoms with Gasteiger partial charge in [-0.05, 0) is 30.5 Å². The average Bonchev–Trinajstić information content (AvgIpc) is 2.35. The van der Waals surface area contributed by atoms with E-state index in [0.29, 0.717) is 10.9 Å². The third-order valence-corrected chi connectivity index (χ3v) is 5.13. The minimum Gasteiger partial charge on any atom is -0.333 e. The first kappa shape index (κ1) is 13.4. The normalized spacial score (nSPS) is 16.7. The Bertz CT molecular complexity index is 580. The van der Waals surface area contributed by atoms with E-state index in [1.54, 1.807) is 6.07 Å². The van der Waals surface area contributed by atoms with Crippen LogP contribution in [0.1, 0.15) is 25.8 Å². The molecule has 0 atom stereocenters. The number of thioether (sulfide) groups is 1. The Kier molecular flexibility index (Phi) is 3.97. The summed E-state index contributed by atoms with van der Waals surface area (Å²) in [6.07, 6.45) is 1.79. The first-order valence-corrected chi connectivity index (χ1v) is 8.37. The zero-order valence-corrected chi connectivity index (χ0v) is 12.1. The van der Waals surface area contributed by atoms with Gasteiger partial charge < -0.3 is 5.32 Å². The van der Waals surface area contributed by atoms with Crippen LogP contribution in [-0.2, 0) is 16.4 Å². The van der Waals surface area contributed by atoms with Gasteiger partial charge in [0.15, 0.2) is 5.17 Å². The van der Waals surface area contributed by atoms with Crippen molar-refractivity contribution in [3.63, 3.8) is 0 Å². The number of aryl methyl sites for hydroxylation is 1. The van der Waals surface area contributed by atoms with Gasteiger partial charge in [0.1, 0.15) is 4.90 Å². The zero-order valence-electron chi connectivity index (χ0n) is 10.4. The number of rotatable bonds is 3. The van der Waals surface area contributed by atoms with Gasteiger partial charge in [0.2, 0.25) is 0 Å². The van der Waals surface area contributed by atoms with E-state index in [9.17, 15) is 8.42 Å². The van der Waals surface area contributed by atoms with Crippen LogP contribution in [0.5, 0.6) is 0 Å². The van der Waals surface area contributed by atoms with Crippen molar-refractivity contribution >= 4 is 32.6 Å². The maximum Gasteiger partial charge on any atom is 0.286 e. The molecule has 0 unspecified atom stereocenters. The highest BCUT2D eigenvalue weighted by atomic mass is 32.2. The molecule has 0 aliphatic carbocycles. The Morgan fingerprint density at radius 3 is 2.78 bits per heavy atom. The molecule has 0 fully saturated rings. The SMILES string of the molecule is CCCSC1=NS(=O)(=O)c2cc(CC)ccc2N1. The summed E-state index contributed by atoms with van der Waals surface area (Å²) in [5.74, 6) is 0.851. The van der Waals surface area contributed by atoms with Crippen LogP contribution in [0, 0.1) is 0 Å². The van der Waals surface area contributed by atoms with Crippen LogP contribution in [0.15, 0.2) is 27.5 Å². The maximum atomic E-state index is 12.1. The van der Waals surface area contributed by atoms with Crippen LogP contribution < -0.4 is 5.32 Å². The van der Waals surface area contributed by atoms with E-state index in [1.165, 1.54) is 11.8 Å². The van der Waals surface area contributed by atoms with Gasteiger partial charge in [-0.1, -0.05) is 31.7 Å². The van der Waals surface area contributed by atoms with Crippen molar-refractivity contribution in [2.24, 2.45) is 4.40 Å². The van der Waals surface area contributed by atoms with E-state index in [1.807, 2.05) is 26.0 Å². The second-order valence-electron chi connectivity index (χ2n) is 4.03. The smallest absolute Gasteiger partial charge is 0.286 e. The molecule has 1 aliphatic heterocycles. The lowest BCUT2D eigenvalue weighted by Crippen LogP contribution is -2.19. The number of hydrogen-bond donors (Lipinski definition) is 1. The van der Waals surface area contributed by atoms with E-state index in [4.69, 9.17) is 0 Å². The third kappa shape index (κ3) is 2.70. The van der Waals surface area contributed by atoms with Crippen LogP contribution in [0.4, 0.5) is 5.69 Å². The summed E-state index contributed by atoms with van der Waals surface area (Å²) in [6, 6.07) is 5.45. The second-order valence-corrected chi connectivity index (χ2v) is 6.69. The van der Waals surface area contributed by atoms with Crippen LogP contribution >= 0.6 is 11.8 Å². The lowest BCUT2D eigenvalue weighted by Gasteiger charge is -2.18. The first-order chi connectivity index (χ1) is 8.56. The van der Waals surface area contributed by atoms with Crippen molar-refractivity contribution < 1.29 is 8.42 Å². The fourth-order valence-electron chi connectivity index (χ4n) is 1.66. The number of nitrogens with zero attached hydrogens (tertiary/aromatic N) is 1. The predicted molar refractivity (Wildman–Crippen MR) is 76.8 cm³/mol. The zero-order chi connectivity index (χ0) is 13.2. The Morgan fingerprint density at radius 1 is 1.33 bits per heavy atom. The standard InChI is InChI=1S/C12H16N2O2S2/c1-3-7-17-12-13-10-6-5-9(4-2)8-11(10)18(15,16)14-12/h5-6,8H,3-4,7H2,1-2H3,(H,13,14). The Hall–Kier alpha value is -1.01. The molecular formula is C12H16N2O2S2. The molecule has 1 aromatic rings. The summed E-state index contributed by atoms with van der Waals surface area (Å²) in [5.41, 5.74) is 1.62. The summed E-state index contributed by atoms with van der Waals surface area (Å²) < 4.78 is 28.0. The fourth-order valence-corrected chi connectivity index (χ4v) is 3.81.